The van der Waals surface area contributed by atoms with E-state index in [0.29, 0.717) is 10.3 Å². The van der Waals surface area contributed by atoms with E-state index in [9.17, 15) is 9.59 Å². The van der Waals surface area contributed by atoms with Crippen LogP contribution in [-0.4, -0.2) is 26.6 Å². The fourth-order valence-electron chi connectivity index (χ4n) is 2.36. The predicted octanol–water partition coefficient (Wildman–Crippen LogP) is 3.37. The summed E-state index contributed by atoms with van der Waals surface area (Å²) >= 11 is 2.66. The SMILES string of the molecule is CCCc1cc(=O)[nH]c(SCC(=O)Nc2nc3c(C)cccc3s2)n1. The van der Waals surface area contributed by atoms with Crippen molar-refractivity contribution in [2.24, 2.45) is 0 Å². The summed E-state index contributed by atoms with van der Waals surface area (Å²) in [7, 11) is 0. The second-order valence-electron chi connectivity index (χ2n) is 5.57. The Balaban J connectivity index is 1.64. The molecule has 0 atom stereocenters. The van der Waals surface area contributed by atoms with Gasteiger partial charge >= 0.3 is 0 Å². The second kappa shape index (κ2) is 7.79. The largest absolute Gasteiger partial charge is 0.301 e. The Hall–Kier alpha value is -2.19. The number of aromatic amines is 1. The summed E-state index contributed by atoms with van der Waals surface area (Å²) in [6, 6.07) is 7.45. The zero-order valence-electron chi connectivity index (χ0n) is 14.0. The van der Waals surface area contributed by atoms with Gasteiger partial charge in [0, 0.05) is 11.8 Å². The highest BCUT2D eigenvalue weighted by atomic mass is 32.2. The highest BCUT2D eigenvalue weighted by Crippen LogP contribution is 2.28. The molecule has 2 heterocycles. The summed E-state index contributed by atoms with van der Waals surface area (Å²) in [5.41, 5.74) is 2.55. The molecule has 0 saturated heterocycles. The fourth-order valence-corrected chi connectivity index (χ4v) is 4.02. The van der Waals surface area contributed by atoms with Crippen LogP contribution in [0.2, 0.25) is 0 Å². The number of aryl methyl sites for hydroxylation is 2. The Labute approximate surface area is 153 Å². The zero-order chi connectivity index (χ0) is 17.8. The third-order valence-electron chi connectivity index (χ3n) is 3.49. The van der Waals surface area contributed by atoms with Gasteiger partial charge in [0.15, 0.2) is 10.3 Å². The summed E-state index contributed by atoms with van der Waals surface area (Å²) in [4.78, 5) is 35.3. The lowest BCUT2D eigenvalue weighted by Crippen LogP contribution is -2.15. The number of anilines is 1. The van der Waals surface area contributed by atoms with Crippen molar-refractivity contribution in [1.29, 1.82) is 0 Å². The number of para-hydroxylation sites is 1. The normalized spacial score (nSPS) is 11.0. The fraction of sp³-hybridized carbons (Fsp3) is 0.294. The number of carbonyl (C=O) groups is 1. The number of nitrogens with one attached hydrogen (secondary N) is 2. The minimum Gasteiger partial charge on any atom is -0.301 e. The number of nitrogens with zero attached hydrogens (tertiary/aromatic N) is 2. The Bertz CT molecular complexity index is 965. The average molecular weight is 374 g/mol. The molecular formula is C17H18N4O2S2. The number of hydrogen-bond donors (Lipinski definition) is 2. The molecular weight excluding hydrogens is 356 g/mol. The topological polar surface area (TPSA) is 87.7 Å². The summed E-state index contributed by atoms with van der Waals surface area (Å²) in [5, 5.41) is 3.85. The van der Waals surface area contributed by atoms with E-state index in [-0.39, 0.29) is 17.2 Å². The molecule has 2 aromatic heterocycles. The van der Waals surface area contributed by atoms with E-state index in [2.05, 4.69) is 20.3 Å². The van der Waals surface area contributed by atoms with Crippen molar-refractivity contribution in [2.45, 2.75) is 31.8 Å². The van der Waals surface area contributed by atoms with Crippen LogP contribution in [0.25, 0.3) is 10.2 Å². The number of thiazole rings is 1. The monoisotopic (exact) mass is 374 g/mol. The molecule has 0 spiro atoms. The molecule has 3 aromatic rings. The van der Waals surface area contributed by atoms with Crippen molar-refractivity contribution >= 4 is 44.4 Å². The van der Waals surface area contributed by atoms with E-state index in [1.807, 2.05) is 32.0 Å². The lowest BCUT2D eigenvalue weighted by atomic mass is 10.2. The van der Waals surface area contributed by atoms with Gasteiger partial charge in [0.2, 0.25) is 5.91 Å². The molecule has 130 valence electrons. The smallest absolute Gasteiger partial charge is 0.251 e. The van der Waals surface area contributed by atoms with E-state index >= 15 is 0 Å². The molecule has 0 saturated carbocycles. The number of fused-ring (bicyclic) bond motifs is 1. The molecule has 1 amide bonds. The molecule has 0 fully saturated rings. The molecule has 0 unspecified atom stereocenters. The van der Waals surface area contributed by atoms with Crippen molar-refractivity contribution in [3.8, 4) is 0 Å². The molecule has 3 rings (SSSR count). The Kier molecular flexibility index (Phi) is 5.50. The number of aromatic nitrogens is 3. The van der Waals surface area contributed by atoms with Gasteiger partial charge in [-0.1, -0.05) is 48.6 Å². The number of amides is 1. The zero-order valence-corrected chi connectivity index (χ0v) is 15.6. The van der Waals surface area contributed by atoms with Crippen LogP contribution in [0.3, 0.4) is 0 Å². The van der Waals surface area contributed by atoms with Gasteiger partial charge in [0.05, 0.1) is 16.0 Å². The third kappa shape index (κ3) is 4.46. The van der Waals surface area contributed by atoms with Gasteiger partial charge in [-0.05, 0) is 25.0 Å². The van der Waals surface area contributed by atoms with Crippen molar-refractivity contribution in [2.75, 3.05) is 11.1 Å². The van der Waals surface area contributed by atoms with Crippen LogP contribution in [0.1, 0.15) is 24.6 Å². The van der Waals surface area contributed by atoms with Gasteiger partial charge in [-0.15, -0.1) is 0 Å². The lowest BCUT2D eigenvalue weighted by Gasteiger charge is -2.03. The van der Waals surface area contributed by atoms with E-state index in [0.717, 1.165) is 34.3 Å². The highest BCUT2D eigenvalue weighted by molar-refractivity contribution is 7.99. The Morgan fingerprint density at radius 1 is 1.36 bits per heavy atom. The predicted molar refractivity (Wildman–Crippen MR) is 103 cm³/mol. The van der Waals surface area contributed by atoms with Crippen LogP contribution < -0.4 is 10.9 Å². The van der Waals surface area contributed by atoms with E-state index < -0.39 is 0 Å². The molecule has 2 N–H and O–H groups in total. The maximum atomic E-state index is 12.2. The minimum atomic E-state index is -0.192. The van der Waals surface area contributed by atoms with Crippen molar-refractivity contribution in [3.05, 3.63) is 45.9 Å². The van der Waals surface area contributed by atoms with Crippen molar-refractivity contribution in [3.63, 3.8) is 0 Å². The van der Waals surface area contributed by atoms with Crippen LogP contribution in [-0.2, 0) is 11.2 Å². The highest BCUT2D eigenvalue weighted by Gasteiger charge is 2.10. The maximum absolute atomic E-state index is 12.2. The molecule has 6 nitrogen and oxygen atoms in total. The summed E-state index contributed by atoms with van der Waals surface area (Å²) in [5.74, 6) is -0.0155. The van der Waals surface area contributed by atoms with Gasteiger partial charge in [0.25, 0.3) is 5.56 Å². The van der Waals surface area contributed by atoms with Gasteiger partial charge in [-0.2, -0.15) is 0 Å². The van der Waals surface area contributed by atoms with Crippen LogP contribution in [0.4, 0.5) is 5.13 Å². The van der Waals surface area contributed by atoms with E-state index in [4.69, 9.17) is 0 Å². The molecule has 0 radical (unpaired) electrons. The molecule has 0 aliphatic heterocycles. The Morgan fingerprint density at radius 2 is 2.20 bits per heavy atom. The first-order valence-corrected chi connectivity index (χ1v) is 9.74. The second-order valence-corrected chi connectivity index (χ2v) is 7.56. The number of rotatable bonds is 6. The number of H-pyrrole nitrogens is 1. The van der Waals surface area contributed by atoms with Gasteiger partial charge in [0.1, 0.15) is 0 Å². The first-order valence-electron chi connectivity index (χ1n) is 7.94. The molecule has 0 bridgehead atoms. The first kappa shape index (κ1) is 17.6. The molecule has 1 aromatic carbocycles. The number of benzene rings is 1. The van der Waals surface area contributed by atoms with Crippen LogP contribution in [0.5, 0.6) is 0 Å². The minimum absolute atomic E-state index is 0.160. The third-order valence-corrected chi connectivity index (χ3v) is 5.30. The maximum Gasteiger partial charge on any atom is 0.251 e. The Morgan fingerprint density at radius 3 is 2.96 bits per heavy atom. The van der Waals surface area contributed by atoms with E-state index in [1.165, 1.54) is 29.2 Å². The van der Waals surface area contributed by atoms with Gasteiger partial charge in [-0.25, -0.2) is 9.97 Å². The van der Waals surface area contributed by atoms with Crippen molar-refractivity contribution in [1.82, 2.24) is 15.0 Å². The van der Waals surface area contributed by atoms with E-state index in [1.54, 1.807) is 0 Å². The first-order chi connectivity index (χ1) is 12.0. The average Bonchev–Trinajstić information content (AvgIpc) is 2.97. The number of carbonyl (C=O) groups excluding carboxylic acids is 1. The van der Waals surface area contributed by atoms with Crippen LogP contribution in [0, 0.1) is 6.92 Å². The summed E-state index contributed by atoms with van der Waals surface area (Å²) in [6.07, 6.45) is 1.66. The lowest BCUT2D eigenvalue weighted by molar-refractivity contribution is -0.113. The van der Waals surface area contributed by atoms with Crippen molar-refractivity contribution < 1.29 is 4.79 Å². The van der Waals surface area contributed by atoms with Gasteiger partial charge in [-0.3, -0.25) is 9.59 Å². The summed E-state index contributed by atoms with van der Waals surface area (Å²) < 4.78 is 1.04. The molecule has 25 heavy (non-hydrogen) atoms. The number of thioether (sulfide) groups is 1. The quantitative estimate of drug-likeness (QED) is 0.510. The standard InChI is InChI=1S/C17H18N4O2S2/c1-3-5-11-8-13(22)19-16(18-11)24-9-14(23)20-17-21-15-10(2)6-4-7-12(15)25-17/h4,6-8H,3,5,9H2,1-2H3,(H,18,19,22)(H,20,21,23). The molecule has 0 aliphatic rings. The molecule has 0 aliphatic carbocycles. The summed E-state index contributed by atoms with van der Waals surface area (Å²) in [6.45, 7) is 4.03. The van der Waals surface area contributed by atoms with Gasteiger partial charge < -0.3 is 10.3 Å². The van der Waals surface area contributed by atoms with Crippen LogP contribution >= 0.6 is 23.1 Å². The molecule has 8 heteroatoms. The number of hydrogen-bond acceptors (Lipinski definition) is 6. The van der Waals surface area contributed by atoms with Crippen LogP contribution in [0.15, 0.2) is 34.2 Å².